The average Bonchev–Trinajstić information content (AvgIpc) is 2.95. The van der Waals surface area contributed by atoms with E-state index in [2.05, 4.69) is 10.1 Å². The summed E-state index contributed by atoms with van der Waals surface area (Å²) in [5.74, 6) is -0.859. The van der Waals surface area contributed by atoms with E-state index in [4.69, 9.17) is 0 Å². The van der Waals surface area contributed by atoms with Crippen LogP contribution in [-0.4, -0.2) is 47.1 Å². The van der Waals surface area contributed by atoms with Crippen LogP contribution in [0.15, 0.2) is 24.3 Å². The van der Waals surface area contributed by atoms with Gasteiger partial charge in [0.15, 0.2) is 0 Å². The molecule has 0 radical (unpaired) electrons. The number of aliphatic carboxylic acids is 1. The SMILES string of the molecule is O=C(CN1C(C(=O)O)CC2CCCCC21)Nc1ccc(OC(F)F)cc1. The van der Waals surface area contributed by atoms with Crippen LogP contribution in [0.25, 0.3) is 0 Å². The van der Waals surface area contributed by atoms with Gasteiger partial charge in [0.1, 0.15) is 11.8 Å². The molecule has 1 amide bonds. The molecule has 1 aliphatic carbocycles. The van der Waals surface area contributed by atoms with Crippen LogP contribution >= 0.6 is 0 Å². The maximum Gasteiger partial charge on any atom is 0.387 e. The van der Waals surface area contributed by atoms with Gasteiger partial charge in [-0.3, -0.25) is 14.5 Å². The highest BCUT2D eigenvalue weighted by atomic mass is 19.3. The van der Waals surface area contributed by atoms with Gasteiger partial charge in [0.25, 0.3) is 0 Å². The second kappa shape index (κ2) is 7.99. The minimum absolute atomic E-state index is 0.00736. The first-order valence-electron chi connectivity index (χ1n) is 8.77. The van der Waals surface area contributed by atoms with E-state index in [0.29, 0.717) is 18.0 Å². The first-order valence-corrected chi connectivity index (χ1v) is 8.77. The second-order valence-corrected chi connectivity index (χ2v) is 6.83. The fraction of sp³-hybridized carbons (Fsp3) is 0.556. The number of amides is 1. The Bertz CT molecular complexity index is 653. The number of carboxylic acids is 1. The van der Waals surface area contributed by atoms with Gasteiger partial charge in [-0.25, -0.2) is 0 Å². The third kappa shape index (κ3) is 4.30. The van der Waals surface area contributed by atoms with E-state index >= 15 is 0 Å². The van der Waals surface area contributed by atoms with Crippen LogP contribution in [0.2, 0.25) is 0 Å². The van der Waals surface area contributed by atoms with Crippen LogP contribution < -0.4 is 10.1 Å². The van der Waals surface area contributed by atoms with Gasteiger partial charge in [0, 0.05) is 11.7 Å². The van der Waals surface area contributed by atoms with Gasteiger partial charge in [0.2, 0.25) is 5.91 Å². The standard InChI is InChI=1S/C18H22F2N2O4/c19-18(20)26-13-7-5-12(6-8-13)21-16(23)10-22-14-4-2-1-3-11(14)9-15(22)17(24)25/h5-8,11,14-15,18H,1-4,9-10H2,(H,21,23)(H,24,25). The summed E-state index contributed by atoms with van der Waals surface area (Å²) >= 11 is 0. The molecular formula is C18H22F2N2O4. The predicted octanol–water partition coefficient (Wildman–Crippen LogP) is 2.94. The van der Waals surface area contributed by atoms with Crippen LogP contribution in [0.4, 0.5) is 14.5 Å². The van der Waals surface area contributed by atoms with Gasteiger partial charge in [-0.15, -0.1) is 0 Å². The number of ether oxygens (including phenoxy) is 1. The molecule has 3 atom stereocenters. The molecule has 2 N–H and O–H groups in total. The number of anilines is 1. The number of hydrogen-bond donors (Lipinski definition) is 2. The van der Waals surface area contributed by atoms with Crippen LogP contribution in [-0.2, 0) is 9.59 Å². The van der Waals surface area contributed by atoms with Crippen LogP contribution in [0.1, 0.15) is 32.1 Å². The summed E-state index contributed by atoms with van der Waals surface area (Å²) in [6.07, 6.45) is 4.68. The largest absolute Gasteiger partial charge is 0.480 e. The Morgan fingerprint density at radius 2 is 1.92 bits per heavy atom. The summed E-state index contributed by atoms with van der Waals surface area (Å²) in [6, 6.07) is 5.13. The average molecular weight is 368 g/mol. The molecule has 142 valence electrons. The molecule has 1 aromatic rings. The van der Waals surface area contributed by atoms with E-state index < -0.39 is 18.6 Å². The number of carboxylic acid groups (broad SMARTS) is 1. The summed E-state index contributed by atoms with van der Waals surface area (Å²) in [5, 5.41) is 12.2. The molecule has 1 aliphatic heterocycles. The Hall–Kier alpha value is -2.22. The monoisotopic (exact) mass is 368 g/mol. The Balaban J connectivity index is 1.61. The van der Waals surface area contributed by atoms with Gasteiger partial charge in [-0.1, -0.05) is 12.8 Å². The zero-order valence-corrected chi connectivity index (χ0v) is 14.2. The number of benzene rings is 1. The normalized spacial score (nSPS) is 25.7. The smallest absolute Gasteiger partial charge is 0.387 e. The van der Waals surface area contributed by atoms with E-state index in [0.717, 1.165) is 25.7 Å². The first kappa shape index (κ1) is 18.6. The summed E-state index contributed by atoms with van der Waals surface area (Å²) in [5.41, 5.74) is 0.447. The minimum atomic E-state index is -2.90. The molecule has 2 fully saturated rings. The molecule has 1 heterocycles. The maximum atomic E-state index is 12.4. The molecule has 0 bridgehead atoms. The summed E-state index contributed by atoms with van der Waals surface area (Å²) in [6.45, 7) is -2.89. The Labute approximate surface area is 150 Å². The molecule has 6 nitrogen and oxygen atoms in total. The fourth-order valence-corrected chi connectivity index (χ4v) is 4.11. The highest BCUT2D eigenvalue weighted by Gasteiger charge is 2.45. The van der Waals surface area contributed by atoms with Crippen LogP contribution in [0.3, 0.4) is 0 Å². The van der Waals surface area contributed by atoms with E-state index in [1.807, 2.05) is 0 Å². The van der Waals surface area contributed by atoms with Gasteiger partial charge in [-0.2, -0.15) is 8.78 Å². The van der Waals surface area contributed by atoms with E-state index in [1.165, 1.54) is 24.3 Å². The number of hydrogen-bond acceptors (Lipinski definition) is 4. The fourth-order valence-electron chi connectivity index (χ4n) is 4.11. The third-order valence-corrected chi connectivity index (χ3v) is 5.20. The van der Waals surface area contributed by atoms with Gasteiger partial charge < -0.3 is 15.2 Å². The number of alkyl halides is 2. The lowest BCUT2D eigenvalue weighted by Crippen LogP contribution is -2.46. The van der Waals surface area contributed by atoms with Crippen LogP contribution in [0, 0.1) is 5.92 Å². The zero-order chi connectivity index (χ0) is 18.7. The van der Waals surface area contributed by atoms with Gasteiger partial charge in [-0.05, 0) is 49.4 Å². The van der Waals surface area contributed by atoms with Gasteiger partial charge in [0.05, 0.1) is 6.54 Å². The number of likely N-dealkylation sites (tertiary alicyclic amines) is 1. The molecule has 3 rings (SSSR count). The Morgan fingerprint density at radius 1 is 1.23 bits per heavy atom. The number of carbonyl (C=O) groups is 2. The third-order valence-electron chi connectivity index (χ3n) is 5.20. The van der Waals surface area contributed by atoms with Gasteiger partial charge >= 0.3 is 12.6 Å². The molecule has 1 saturated carbocycles. The highest BCUT2D eigenvalue weighted by Crippen LogP contribution is 2.39. The Morgan fingerprint density at radius 3 is 2.58 bits per heavy atom. The molecule has 1 aromatic carbocycles. The van der Waals surface area contributed by atoms with Crippen molar-refractivity contribution < 1.29 is 28.2 Å². The lowest BCUT2D eigenvalue weighted by atomic mass is 9.85. The second-order valence-electron chi connectivity index (χ2n) is 6.83. The summed E-state index contributed by atoms with van der Waals surface area (Å²) in [7, 11) is 0. The minimum Gasteiger partial charge on any atom is -0.480 e. The molecule has 1 saturated heterocycles. The van der Waals surface area contributed by atoms with Crippen molar-refractivity contribution in [3.8, 4) is 5.75 Å². The number of nitrogens with one attached hydrogen (secondary N) is 1. The number of fused-ring (bicyclic) bond motifs is 1. The predicted molar refractivity (Wildman–Crippen MR) is 90.2 cm³/mol. The Kier molecular flexibility index (Phi) is 5.70. The van der Waals surface area contributed by atoms with Crippen molar-refractivity contribution >= 4 is 17.6 Å². The van der Waals surface area contributed by atoms with Crippen molar-refractivity contribution in [2.45, 2.75) is 50.8 Å². The highest BCUT2D eigenvalue weighted by molar-refractivity contribution is 5.92. The van der Waals surface area contributed by atoms with E-state index in [-0.39, 0.29) is 24.2 Å². The first-order chi connectivity index (χ1) is 12.4. The number of halogens is 2. The molecule has 8 heteroatoms. The lowest BCUT2D eigenvalue weighted by molar-refractivity contribution is -0.143. The summed E-state index contributed by atoms with van der Waals surface area (Å²) < 4.78 is 28.6. The molecule has 0 aromatic heterocycles. The summed E-state index contributed by atoms with van der Waals surface area (Å²) in [4.78, 5) is 25.8. The zero-order valence-electron chi connectivity index (χ0n) is 14.2. The van der Waals surface area contributed by atoms with Crippen molar-refractivity contribution in [3.63, 3.8) is 0 Å². The number of nitrogens with zero attached hydrogens (tertiary/aromatic N) is 1. The molecule has 2 aliphatic rings. The molecular weight excluding hydrogens is 346 g/mol. The van der Waals surface area contributed by atoms with Crippen molar-refractivity contribution in [2.75, 3.05) is 11.9 Å². The van der Waals surface area contributed by atoms with Crippen molar-refractivity contribution in [1.82, 2.24) is 4.90 Å². The topological polar surface area (TPSA) is 78.9 Å². The van der Waals surface area contributed by atoms with E-state index in [9.17, 15) is 23.5 Å². The van der Waals surface area contributed by atoms with Crippen molar-refractivity contribution in [3.05, 3.63) is 24.3 Å². The van der Waals surface area contributed by atoms with Crippen molar-refractivity contribution in [1.29, 1.82) is 0 Å². The quantitative estimate of drug-likeness (QED) is 0.807. The maximum absolute atomic E-state index is 12.4. The molecule has 26 heavy (non-hydrogen) atoms. The number of carbonyl (C=O) groups excluding carboxylic acids is 1. The number of rotatable bonds is 6. The van der Waals surface area contributed by atoms with E-state index in [1.54, 1.807) is 4.90 Å². The lowest BCUT2D eigenvalue weighted by Gasteiger charge is -2.32. The molecule has 0 spiro atoms. The molecule has 3 unspecified atom stereocenters. The van der Waals surface area contributed by atoms with Crippen molar-refractivity contribution in [2.24, 2.45) is 5.92 Å². The van der Waals surface area contributed by atoms with Crippen LogP contribution in [0.5, 0.6) is 5.75 Å².